The van der Waals surface area contributed by atoms with Crippen LogP contribution < -0.4 is 10.0 Å². The molecule has 0 spiro atoms. The van der Waals surface area contributed by atoms with Crippen molar-refractivity contribution in [1.82, 2.24) is 14.3 Å². The number of rotatable bonds is 7. The van der Waals surface area contributed by atoms with E-state index in [9.17, 15) is 8.42 Å². The van der Waals surface area contributed by atoms with Crippen LogP contribution in [0.1, 0.15) is 6.92 Å². The molecule has 0 saturated carbocycles. The van der Waals surface area contributed by atoms with E-state index in [4.69, 9.17) is 4.74 Å². The minimum atomic E-state index is -3.34. The molecule has 1 heterocycles. The minimum absolute atomic E-state index is 0.0926. The lowest BCUT2D eigenvalue weighted by molar-refractivity contribution is 0.201. The third kappa shape index (κ3) is 3.39. The molecule has 2 N–H and O–H groups in total. The van der Waals surface area contributed by atoms with Gasteiger partial charge < -0.3 is 10.1 Å². The van der Waals surface area contributed by atoms with Crippen molar-refractivity contribution in [2.45, 2.75) is 13.0 Å². The van der Waals surface area contributed by atoms with Crippen molar-refractivity contribution in [3.05, 3.63) is 0 Å². The Morgan fingerprint density at radius 2 is 2.20 bits per heavy atom. The van der Waals surface area contributed by atoms with Crippen molar-refractivity contribution in [1.29, 1.82) is 0 Å². The molecule has 0 bridgehead atoms. The molecule has 1 saturated heterocycles. The molecule has 0 amide bonds. The topological polar surface area (TPSA) is 70.7 Å². The molecular weight excluding hydrogens is 218 g/mol. The summed E-state index contributed by atoms with van der Waals surface area (Å²) in [5.41, 5.74) is 0. The van der Waals surface area contributed by atoms with Gasteiger partial charge in [-0.15, -0.1) is 0 Å². The maximum atomic E-state index is 11.8. The van der Waals surface area contributed by atoms with Gasteiger partial charge in [0.1, 0.15) is 0 Å². The summed E-state index contributed by atoms with van der Waals surface area (Å²) in [6.07, 6.45) is 0. The Hall–Kier alpha value is -0.210. The second-order valence-electron chi connectivity index (χ2n) is 3.41. The van der Waals surface area contributed by atoms with Crippen LogP contribution in [0.4, 0.5) is 0 Å². The highest BCUT2D eigenvalue weighted by Crippen LogP contribution is 2.08. The second kappa shape index (κ2) is 5.76. The molecule has 0 aromatic heterocycles. The summed E-state index contributed by atoms with van der Waals surface area (Å²) in [5.74, 6) is 0. The fraction of sp³-hybridized carbons (Fsp3) is 1.00. The van der Waals surface area contributed by atoms with Crippen LogP contribution in [0.15, 0.2) is 0 Å². The lowest BCUT2D eigenvalue weighted by Crippen LogP contribution is -2.60. The predicted octanol–water partition coefficient (Wildman–Crippen LogP) is -1.24. The Morgan fingerprint density at radius 1 is 1.53 bits per heavy atom. The van der Waals surface area contributed by atoms with Crippen LogP contribution in [0, 0.1) is 0 Å². The van der Waals surface area contributed by atoms with Gasteiger partial charge in [0.15, 0.2) is 0 Å². The molecule has 0 unspecified atom stereocenters. The van der Waals surface area contributed by atoms with Crippen LogP contribution in [0.5, 0.6) is 0 Å². The van der Waals surface area contributed by atoms with Gasteiger partial charge in [0.2, 0.25) is 0 Å². The zero-order valence-electron chi connectivity index (χ0n) is 9.19. The molecule has 90 valence electrons. The summed E-state index contributed by atoms with van der Waals surface area (Å²) in [7, 11) is -1.80. The first kappa shape index (κ1) is 12.9. The van der Waals surface area contributed by atoms with E-state index in [1.165, 1.54) is 4.31 Å². The third-order valence-electron chi connectivity index (χ3n) is 2.38. The Labute approximate surface area is 91.2 Å². The number of hydrogen-bond donors (Lipinski definition) is 2. The second-order valence-corrected chi connectivity index (χ2v) is 5.12. The van der Waals surface area contributed by atoms with Crippen molar-refractivity contribution in [2.75, 3.05) is 39.9 Å². The van der Waals surface area contributed by atoms with Gasteiger partial charge in [0.25, 0.3) is 10.2 Å². The number of likely N-dealkylation sites (N-methyl/N-ethyl adjacent to an activating group) is 1. The third-order valence-corrected chi connectivity index (χ3v) is 4.12. The number of hydrogen-bond acceptors (Lipinski definition) is 4. The van der Waals surface area contributed by atoms with E-state index in [0.29, 0.717) is 19.7 Å². The number of nitrogens with zero attached hydrogens (tertiary/aromatic N) is 1. The Kier molecular flexibility index (Phi) is 4.94. The Morgan fingerprint density at radius 3 is 2.60 bits per heavy atom. The van der Waals surface area contributed by atoms with E-state index >= 15 is 0 Å². The first-order valence-electron chi connectivity index (χ1n) is 5.08. The van der Waals surface area contributed by atoms with E-state index in [1.54, 1.807) is 7.11 Å². The average molecular weight is 237 g/mol. The molecule has 6 nitrogen and oxygen atoms in total. The predicted molar refractivity (Wildman–Crippen MR) is 57.8 cm³/mol. The van der Waals surface area contributed by atoms with Crippen molar-refractivity contribution in [3.8, 4) is 0 Å². The van der Waals surface area contributed by atoms with Crippen molar-refractivity contribution >= 4 is 10.2 Å². The lowest BCUT2D eigenvalue weighted by Gasteiger charge is -2.36. The number of methoxy groups -OCH3 is 1. The minimum Gasteiger partial charge on any atom is -0.383 e. The van der Waals surface area contributed by atoms with Gasteiger partial charge in [0, 0.05) is 33.3 Å². The van der Waals surface area contributed by atoms with E-state index in [2.05, 4.69) is 10.0 Å². The van der Waals surface area contributed by atoms with E-state index < -0.39 is 10.2 Å². The molecule has 0 aliphatic carbocycles. The lowest BCUT2D eigenvalue weighted by atomic mass is 10.2. The summed E-state index contributed by atoms with van der Waals surface area (Å²) in [6.45, 7) is 4.51. The summed E-state index contributed by atoms with van der Waals surface area (Å²) >= 11 is 0. The van der Waals surface area contributed by atoms with Gasteiger partial charge in [-0.2, -0.15) is 17.4 Å². The first-order chi connectivity index (χ1) is 7.11. The molecule has 1 fully saturated rings. The monoisotopic (exact) mass is 237 g/mol. The molecule has 1 rings (SSSR count). The quantitative estimate of drug-likeness (QED) is 0.543. The van der Waals surface area contributed by atoms with E-state index in [0.717, 1.165) is 13.1 Å². The largest absolute Gasteiger partial charge is 0.383 e. The maximum absolute atomic E-state index is 11.8. The summed E-state index contributed by atoms with van der Waals surface area (Å²) in [4.78, 5) is 0. The van der Waals surface area contributed by atoms with Gasteiger partial charge in [0.05, 0.1) is 12.6 Å². The van der Waals surface area contributed by atoms with Gasteiger partial charge in [-0.05, 0) is 0 Å². The molecule has 1 aliphatic heterocycles. The van der Waals surface area contributed by atoms with Crippen molar-refractivity contribution in [3.63, 3.8) is 0 Å². The van der Waals surface area contributed by atoms with Crippen molar-refractivity contribution < 1.29 is 13.2 Å². The molecule has 1 aliphatic rings. The summed E-state index contributed by atoms with van der Waals surface area (Å²) in [5, 5.41) is 3.06. The van der Waals surface area contributed by atoms with Gasteiger partial charge in [-0.25, -0.2) is 0 Å². The van der Waals surface area contributed by atoms with Crippen LogP contribution in [0.3, 0.4) is 0 Å². The molecule has 0 aromatic carbocycles. The molecule has 0 radical (unpaired) electrons. The first-order valence-corrected chi connectivity index (χ1v) is 6.52. The summed E-state index contributed by atoms with van der Waals surface area (Å²) < 4.78 is 32.4. The SMILES string of the molecule is CCN(C1CNC1)S(=O)(=O)NCCOC. The highest BCUT2D eigenvalue weighted by Gasteiger charge is 2.31. The van der Waals surface area contributed by atoms with Crippen LogP contribution in [-0.4, -0.2) is 58.7 Å². The standard InChI is InChI=1S/C8H19N3O3S/c1-3-11(8-6-9-7-8)15(12,13)10-4-5-14-2/h8-10H,3-7H2,1-2H3. The van der Waals surface area contributed by atoms with Crippen LogP contribution in [-0.2, 0) is 14.9 Å². The zero-order valence-corrected chi connectivity index (χ0v) is 10.0. The number of nitrogens with one attached hydrogen (secondary N) is 2. The van der Waals surface area contributed by atoms with Crippen LogP contribution in [0.2, 0.25) is 0 Å². The van der Waals surface area contributed by atoms with E-state index in [1.807, 2.05) is 6.92 Å². The van der Waals surface area contributed by atoms with Crippen LogP contribution >= 0.6 is 0 Å². The highest BCUT2D eigenvalue weighted by atomic mass is 32.2. The smallest absolute Gasteiger partial charge is 0.279 e. The van der Waals surface area contributed by atoms with Gasteiger partial charge >= 0.3 is 0 Å². The summed E-state index contributed by atoms with van der Waals surface area (Å²) in [6, 6.07) is 0.0926. The maximum Gasteiger partial charge on any atom is 0.279 e. The van der Waals surface area contributed by atoms with Gasteiger partial charge in [-0.1, -0.05) is 6.92 Å². The fourth-order valence-corrected chi connectivity index (χ4v) is 2.85. The molecule has 0 aromatic rings. The number of ether oxygens (including phenoxy) is 1. The van der Waals surface area contributed by atoms with E-state index in [-0.39, 0.29) is 6.04 Å². The molecular formula is C8H19N3O3S. The molecule has 15 heavy (non-hydrogen) atoms. The Balaban J connectivity index is 2.48. The van der Waals surface area contributed by atoms with Crippen molar-refractivity contribution in [2.24, 2.45) is 0 Å². The Bertz CT molecular complexity index is 277. The van der Waals surface area contributed by atoms with Crippen LogP contribution in [0.25, 0.3) is 0 Å². The molecule has 7 heteroatoms. The fourth-order valence-electron chi connectivity index (χ4n) is 1.46. The highest BCUT2D eigenvalue weighted by molar-refractivity contribution is 7.87. The average Bonchev–Trinajstić information content (AvgIpc) is 2.10. The molecule has 0 atom stereocenters. The van der Waals surface area contributed by atoms with Gasteiger partial charge in [-0.3, -0.25) is 0 Å². The zero-order chi connectivity index (χ0) is 11.3. The normalized spacial score (nSPS) is 18.1.